The second-order valence-corrected chi connectivity index (χ2v) is 3.64. The predicted octanol–water partition coefficient (Wildman–Crippen LogP) is -0.338. The number of nitrogens with zero attached hydrogens (tertiary/aromatic N) is 2. The smallest absolute Gasteiger partial charge is 0.241 e. The lowest BCUT2D eigenvalue weighted by atomic mass is 10.3. The Morgan fingerprint density at radius 1 is 1.20 bits per heavy atom. The summed E-state index contributed by atoms with van der Waals surface area (Å²) in [6, 6.07) is 0. The molecule has 0 heterocycles. The summed E-state index contributed by atoms with van der Waals surface area (Å²) in [5.74, 6) is -0.108. The Kier molecular flexibility index (Phi) is 6.70. The van der Waals surface area contributed by atoms with Gasteiger partial charge in [-0.05, 0) is 6.42 Å². The van der Waals surface area contributed by atoms with Crippen molar-refractivity contribution in [3.63, 3.8) is 0 Å². The van der Waals surface area contributed by atoms with E-state index in [0.717, 1.165) is 6.42 Å². The fraction of sp³-hybridized carbons (Fsp3) is 0.800. The van der Waals surface area contributed by atoms with Crippen LogP contribution in [0, 0.1) is 0 Å². The number of carbonyl (C=O) groups is 2. The van der Waals surface area contributed by atoms with Gasteiger partial charge in [-0.1, -0.05) is 6.92 Å². The van der Waals surface area contributed by atoms with Crippen molar-refractivity contribution in [1.29, 1.82) is 0 Å². The zero-order valence-electron chi connectivity index (χ0n) is 9.82. The Balaban J connectivity index is 4.26. The molecule has 0 saturated carbocycles. The van der Waals surface area contributed by atoms with Crippen molar-refractivity contribution in [2.75, 3.05) is 33.7 Å². The molecule has 5 nitrogen and oxygen atoms in total. The van der Waals surface area contributed by atoms with Crippen LogP contribution in [-0.4, -0.2) is 55.3 Å². The summed E-state index contributed by atoms with van der Waals surface area (Å²) in [7, 11) is 3.36. The Labute approximate surface area is 91.2 Å². The van der Waals surface area contributed by atoms with Gasteiger partial charge in [0.15, 0.2) is 0 Å². The third-order valence-electron chi connectivity index (χ3n) is 2.03. The largest absolute Gasteiger partial charge is 0.347 e. The molecule has 0 rings (SSSR count). The van der Waals surface area contributed by atoms with Crippen molar-refractivity contribution >= 4 is 11.8 Å². The highest BCUT2D eigenvalue weighted by Gasteiger charge is 2.16. The topological polar surface area (TPSA) is 66.6 Å². The van der Waals surface area contributed by atoms with Crippen LogP contribution < -0.4 is 5.73 Å². The van der Waals surface area contributed by atoms with Crippen molar-refractivity contribution in [3.05, 3.63) is 0 Å². The monoisotopic (exact) mass is 215 g/mol. The zero-order valence-corrected chi connectivity index (χ0v) is 9.82. The van der Waals surface area contributed by atoms with Gasteiger partial charge >= 0.3 is 0 Å². The molecule has 0 bridgehead atoms. The van der Waals surface area contributed by atoms with Gasteiger partial charge in [-0.15, -0.1) is 0 Å². The molecule has 0 aromatic rings. The maximum Gasteiger partial charge on any atom is 0.241 e. The molecule has 0 atom stereocenters. The molecule has 2 amide bonds. The van der Waals surface area contributed by atoms with Crippen LogP contribution in [-0.2, 0) is 9.59 Å². The minimum Gasteiger partial charge on any atom is -0.347 e. The molecule has 15 heavy (non-hydrogen) atoms. The number of amides is 2. The van der Waals surface area contributed by atoms with Crippen LogP contribution in [0.5, 0.6) is 0 Å². The molecular formula is C10H21N3O2. The Hall–Kier alpha value is -1.10. The fourth-order valence-corrected chi connectivity index (χ4v) is 1.15. The quantitative estimate of drug-likeness (QED) is 0.659. The van der Waals surface area contributed by atoms with Gasteiger partial charge < -0.3 is 15.5 Å². The Bertz CT molecular complexity index is 217. The Morgan fingerprint density at radius 2 is 1.80 bits per heavy atom. The maximum absolute atomic E-state index is 11.6. The van der Waals surface area contributed by atoms with Crippen LogP contribution in [0.2, 0.25) is 0 Å². The van der Waals surface area contributed by atoms with E-state index in [1.807, 2.05) is 6.92 Å². The highest BCUT2D eigenvalue weighted by molar-refractivity contribution is 5.84. The van der Waals surface area contributed by atoms with E-state index in [1.165, 1.54) is 4.90 Å². The minimum atomic E-state index is -0.0613. The third kappa shape index (κ3) is 5.37. The van der Waals surface area contributed by atoms with Gasteiger partial charge in [0.05, 0.1) is 6.54 Å². The first-order valence-electron chi connectivity index (χ1n) is 5.20. The van der Waals surface area contributed by atoms with E-state index in [0.29, 0.717) is 19.5 Å². The molecule has 88 valence electrons. The van der Waals surface area contributed by atoms with Crippen molar-refractivity contribution < 1.29 is 9.59 Å². The normalized spacial score (nSPS) is 9.87. The number of hydrogen-bond acceptors (Lipinski definition) is 3. The lowest BCUT2D eigenvalue weighted by Crippen LogP contribution is -2.41. The minimum absolute atomic E-state index is 0.0467. The summed E-state index contributed by atoms with van der Waals surface area (Å²) in [6.07, 6.45) is 1.15. The molecule has 5 heteroatoms. The number of carbonyl (C=O) groups excluding carboxylic acids is 2. The molecule has 0 saturated heterocycles. The van der Waals surface area contributed by atoms with Gasteiger partial charge in [0.25, 0.3) is 0 Å². The third-order valence-corrected chi connectivity index (χ3v) is 2.03. The molecular weight excluding hydrogens is 194 g/mol. The van der Waals surface area contributed by atoms with Gasteiger partial charge in [0.2, 0.25) is 11.8 Å². The molecule has 0 aliphatic carbocycles. The SMILES string of the molecule is CCCN(CC(=O)N(C)C)C(=O)CCN. The van der Waals surface area contributed by atoms with Crippen LogP contribution in [0.25, 0.3) is 0 Å². The highest BCUT2D eigenvalue weighted by atomic mass is 16.2. The summed E-state index contributed by atoms with van der Waals surface area (Å²) in [5.41, 5.74) is 5.31. The molecule has 0 spiro atoms. The molecule has 0 aliphatic heterocycles. The van der Waals surface area contributed by atoms with E-state index >= 15 is 0 Å². The average Bonchev–Trinajstić information content (AvgIpc) is 2.17. The first-order valence-corrected chi connectivity index (χ1v) is 5.20. The van der Waals surface area contributed by atoms with E-state index in [4.69, 9.17) is 5.73 Å². The Morgan fingerprint density at radius 3 is 2.20 bits per heavy atom. The predicted molar refractivity (Wildman–Crippen MR) is 59.2 cm³/mol. The van der Waals surface area contributed by atoms with Crippen molar-refractivity contribution in [1.82, 2.24) is 9.80 Å². The molecule has 0 unspecified atom stereocenters. The van der Waals surface area contributed by atoms with Crippen LogP contribution in [0.4, 0.5) is 0 Å². The lowest BCUT2D eigenvalue weighted by Gasteiger charge is -2.23. The second kappa shape index (κ2) is 7.23. The highest BCUT2D eigenvalue weighted by Crippen LogP contribution is 1.97. The van der Waals surface area contributed by atoms with Crippen molar-refractivity contribution in [2.24, 2.45) is 5.73 Å². The first kappa shape index (κ1) is 13.9. The maximum atomic E-state index is 11.6. The first-order chi connectivity index (χ1) is 7.02. The summed E-state index contributed by atoms with van der Waals surface area (Å²) in [4.78, 5) is 26.1. The van der Waals surface area contributed by atoms with Gasteiger partial charge in [-0.2, -0.15) is 0 Å². The molecule has 0 aromatic carbocycles. The number of likely N-dealkylation sites (N-methyl/N-ethyl adjacent to an activating group) is 1. The molecule has 0 radical (unpaired) electrons. The standard InChI is InChI=1S/C10H21N3O2/c1-4-7-13(9(14)5-6-11)8-10(15)12(2)3/h4-8,11H2,1-3H3. The van der Waals surface area contributed by atoms with Crippen molar-refractivity contribution in [3.8, 4) is 0 Å². The van der Waals surface area contributed by atoms with E-state index < -0.39 is 0 Å². The van der Waals surface area contributed by atoms with E-state index in [1.54, 1.807) is 19.0 Å². The van der Waals surface area contributed by atoms with Gasteiger partial charge in [-0.3, -0.25) is 9.59 Å². The zero-order chi connectivity index (χ0) is 11.8. The number of hydrogen-bond donors (Lipinski definition) is 1. The van der Waals surface area contributed by atoms with E-state index in [9.17, 15) is 9.59 Å². The molecule has 0 aliphatic rings. The second-order valence-electron chi connectivity index (χ2n) is 3.64. The van der Waals surface area contributed by atoms with Crippen LogP contribution in [0.15, 0.2) is 0 Å². The van der Waals surface area contributed by atoms with Crippen LogP contribution in [0.3, 0.4) is 0 Å². The fourth-order valence-electron chi connectivity index (χ4n) is 1.15. The van der Waals surface area contributed by atoms with Gasteiger partial charge in [0.1, 0.15) is 0 Å². The summed E-state index contributed by atoms with van der Waals surface area (Å²) in [5, 5.41) is 0. The molecule has 0 aromatic heterocycles. The van der Waals surface area contributed by atoms with E-state index in [-0.39, 0.29) is 18.4 Å². The van der Waals surface area contributed by atoms with Gasteiger partial charge in [-0.25, -0.2) is 0 Å². The van der Waals surface area contributed by atoms with Crippen molar-refractivity contribution in [2.45, 2.75) is 19.8 Å². The van der Waals surface area contributed by atoms with Gasteiger partial charge in [0, 0.05) is 33.6 Å². The average molecular weight is 215 g/mol. The molecule has 2 N–H and O–H groups in total. The summed E-state index contributed by atoms with van der Waals surface area (Å²) < 4.78 is 0. The van der Waals surface area contributed by atoms with Crippen LogP contribution in [0.1, 0.15) is 19.8 Å². The summed E-state index contributed by atoms with van der Waals surface area (Å²) >= 11 is 0. The van der Waals surface area contributed by atoms with Crippen LogP contribution >= 0.6 is 0 Å². The van der Waals surface area contributed by atoms with E-state index in [2.05, 4.69) is 0 Å². The lowest BCUT2D eigenvalue weighted by molar-refractivity contribution is -0.139. The summed E-state index contributed by atoms with van der Waals surface area (Å²) in [6.45, 7) is 3.07. The number of nitrogens with two attached hydrogens (primary N) is 1. The number of rotatable bonds is 6. The molecule has 0 fully saturated rings.